The highest BCUT2D eigenvalue weighted by Gasteiger charge is 2.33. The number of ether oxygens (including phenoxy) is 2. The van der Waals surface area contributed by atoms with Crippen LogP contribution in [0.1, 0.15) is 79.1 Å². The summed E-state index contributed by atoms with van der Waals surface area (Å²) in [5, 5.41) is 10.7. The number of amides is 1. The number of Topliss-reactive ketones (excluding diaryl/α,β-unsaturated/α-hetero) is 1. The molecule has 4 rings (SSSR count). The summed E-state index contributed by atoms with van der Waals surface area (Å²) in [5.41, 5.74) is 4.80. The molecule has 0 bridgehead atoms. The van der Waals surface area contributed by atoms with E-state index in [9.17, 15) is 14.9 Å². The van der Waals surface area contributed by atoms with Crippen molar-refractivity contribution in [2.45, 2.75) is 59.8 Å². The third-order valence-electron chi connectivity index (χ3n) is 8.61. The van der Waals surface area contributed by atoms with Gasteiger partial charge < -0.3 is 18.9 Å². The summed E-state index contributed by atoms with van der Waals surface area (Å²) in [6, 6.07) is 7.10. The summed E-state index contributed by atoms with van der Waals surface area (Å²) >= 11 is 0. The van der Waals surface area contributed by atoms with Crippen LogP contribution in [0.4, 0.5) is 0 Å². The average Bonchev–Trinajstić information content (AvgIpc) is 3.30. The van der Waals surface area contributed by atoms with Crippen molar-refractivity contribution in [2.24, 2.45) is 18.4 Å². The highest BCUT2D eigenvalue weighted by molar-refractivity contribution is 5.99. The maximum atomic E-state index is 13.3. The molecule has 8 heteroatoms. The van der Waals surface area contributed by atoms with Crippen LogP contribution in [0.3, 0.4) is 0 Å². The molecular weight excluding hydrogens is 516 g/mol. The Balaban J connectivity index is 1.53. The summed E-state index contributed by atoms with van der Waals surface area (Å²) in [6.45, 7) is 12.7. The van der Waals surface area contributed by atoms with E-state index in [1.807, 2.05) is 18.9 Å². The number of nitrogens with zero attached hydrogens (tertiary/aromatic N) is 4. The zero-order chi connectivity index (χ0) is 29.9. The SMILES string of the molecule is COCCOc1ccc(C(=O)Cc2cnc3c(c(C4CCN(C(=O)[C@H](C)C(C)(C)C)CC4)cn3C)c2C)cc1C#N. The van der Waals surface area contributed by atoms with Gasteiger partial charge in [0.25, 0.3) is 0 Å². The molecule has 0 N–H and O–H groups in total. The van der Waals surface area contributed by atoms with Crippen LogP contribution in [0.25, 0.3) is 11.0 Å². The van der Waals surface area contributed by atoms with Gasteiger partial charge in [0, 0.05) is 62.9 Å². The van der Waals surface area contributed by atoms with E-state index in [-0.39, 0.29) is 29.4 Å². The van der Waals surface area contributed by atoms with Gasteiger partial charge in [0.05, 0.1) is 12.2 Å². The Morgan fingerprint density at radius 1 is 1.20 bits per heavy atom. The molecule has 1 aliphatic rings. The van der Waals surface area contributed by atoms with Crippen LogP contribution in [0.15, 0.2) is 30.6 Å². The second-order valence-corrected chi connectivity index (χ2v) is 12.3. The molecule has 1 atom stereocenters. The summed E-state index contributed by atoms with van der Waals surface area (Å²) in [5.74, 6) is 0.901. The van der Waals surface area contributed by atoms with Gasteiger partial charge in [-0.2, -0.15) is 5.26 Å². The van der Waals surface area contributed by atoms with E-state index in [0.717, 1.165) is 48.1 Å². The number of aryl methyl sites for hydroxylation is 2. The summed E-state index contributed by atoms with van der Waals surface area (Å²) < 4.78 is 12.7. The van der Waals surface area contributed by atoms with E-state index in [0.29, 0.717) is 36.0 Å². The Labute approximate surface area is 243 Å². The van der Waals surface area contributed by atoms with Crippen LogP contribution >= 0.6 is 0 Å². The molecule has 2 aromatic heterocycles. The van der Waals surface area contributed by atoms with Gasteiger partial charge >= 0.3 is 0 Å². The largest absolute Gasteiger partial charge is 0.490 e. The summed E-state index contributed by atoms with van der Waals surface area (Å²) in [6.07, 6.45) is 5.95. The second kappa shape index (κ2) is 12.4. The number of aromatic nitrogens is 2. The molecule has 0 saturated carbocycles. The van der Waals surface area contributed by atoms with Gasteiger partial charge in [-0.1, -0.05) is 27.7 Å². The van der Waals surface area contributed by atoms with E-state index in [2.05, 4.69) is 44.5 Å². The normalized spacial score (nSPS) is 15.1. The predicted octanol–water partition coefficient (Wildman–Crippen LogP) is 5.59. The molecule has 1 amide bonds. The molecule has 1 aliphatic heterocycles. The van der Waals surface area contributed by atoms with Crippen LogP contribution in [0.5, 0.6) is 5.75 Å². The summed E-state index contributed by atoms with van der Waals surface area (Å²) in [7, 11) is 3.59. The molecule has 3 heterocycles. The van der Waals surface area contributed by atoms with Crippen LogP contribution in [-0.4, -0.2) is 59.6 Å². The fraction of sp³-hybridized carbons (Fsp3) is 0.515. The number of nitriles is 1. The molecule has 41 heavy (non-hydrogen) atoms. The predicted molar refractivity (Wildman–Crippen MR) is 159 cm³/mol. The molecule has 0 unspecified atom stereocenters. The van der Waals surface area contributed by atoms with Crippen LogP contribution in [0, 0.1) is 29.6 Å². The first-order chi connectivity index (χ1) is 19.5. The fourth-order valence-electron chi connectivity index (χ4n) is 5.55. The molecule has 0 spiro atoms. The minimum atomic E-state index is -0.0774. The van der Waals surface area contributed by atoms with Gasteiger partial charge in [0.15, 0.2) is 5.78 Å². The van der Waals surface area contributed by atoms with Crippen molar-refractivity contribution in [1.82, 2.24) is 14.5 Å². The first-order valence-corrected chi connectivity index (χ1v) is 14.4. The number of hydrogen-bond acceptors (Lipinski definition) is 6. The molecule has 0 aliphatic carbocycles. The minimum Gasteiger partial charge on any atom is -0.490 e. The van der Waals surface area contributed by atoms with Gasteiger partial charge in [-0.05, 0) is 66.0 Å². The lowest BCUT2D eigenvalue weighted by Crippen LogP contribution is -2.43. The number of methoxy groups -OCH3 is 1. The zero-order valence-electron chi connectivity index (χ0n) is 25.4. The lowest BCUT2D eigenvalue weighted by Gasteiger charge is -2.37. The zero-order valence-corrected chi connectivity index (χ0v) is 25.4. The maximum Gasteiger partial charge on any atom is 0.225 e. The van der Waals surface area contributed by atoms with Crippen molar-refractivity contribution in [2.75, 3.05) is 33.4 Å². The molecule has 1 saturated heterocycles. The molecule has 1 fully saturated rings. The third-order valence-corrected chi connectivity index (χ3v) is 8.61. The van der Waals surface area contributed by atoms with E-state index in [1.54, 1.807) is 31.5 Å². The van der Waals surface area contributed by atoms with E-state index in [4.69, 9.17) is 14.5 Å². The van der Waals surface area contributed by atoms with Gasteiger partial charge in [0.2, 0.25) is 5.91 Å². The number of piperidine rings is 1. The van der Waals surface area contributed by atoms with Gasteiger partial charge in [-0.25, -0.2) is 4.98 Å². The molecule has 8 nitrogen and oxygen atoms in total. The van der Waals surface area contributed by atoms with Crippen molar-refractivity contribution < 1.29 is 19.1 Å². The number of benzene rings is 1. The van der Waals surface area contributed by atoms with Gasteiger partial charge in [-0.15, -0.1) is 0 Å². The number of pyridine rings is 1. The van der Waals surface area contributed by atoms with Crippen LogP contribution in [0.2, 0.25) is 0 Å². The first kappa shape index (κ1) is 30.3. The lowest BCUT2D eigenvalue weighted by atomic mass is 9.80. The van der Waals surface area contributed by atoms with Crippen molar-refractivity contribution >= 4 is 22.7 Å². The Kier molecular flexibility index (Phi) is 9.18. The highest BCUT2D eigenvalue weighted by Crippen LogP contribution is 2.37. The van der Waals surface area contributed by atoms with E-state index >= 15 is 0 Å². The monoisotopic (exact) mass is 558 g/mol. The minimum absolute atomic E-state index is 0.0215. The van der Waals surface area contributed by atoms with Crippen molar-refractivity contribution in [1.29, 1.82) is 5.26 Å². The first-order valence-electron chi connectivity index (χ1n) is 14.4. The topological polar surface area (TPSA) is 97.4 Å². The van der Waals surface area contributed by atoms with E-state index < -0.39 is 0 Å². The Morgan fingerprint density at radius 3 is 2.54 bits per heavy atom. The highest BCUT2D eigenvalue weighted by atomic mass is 16.5. The second-order valence-electron chi connectivity index (χ2n) is 12.3. The molecular formula is C33H42N4O4. The number of hydrogen-bond donors (Lipinski definition) is 0. The van der Waals surface area contributed by atoms with Crippen molar-refractivity contribution in [3.63, 3.8) is 0 Å². The number of ketones is 1. The number of fused-ring (bicyclic) bond motifs is 1. The van der Waals surface area contributed by atoms with Crippen LogP contribution in [-0.2, 0) is 23.0 Å². The Morgan fingerprint density at radius 2 is 1.90 bits per heavy atom. The number of rotatable bonds is 9. The molecule has 3 aromatic rings. The Bertz CT molecular complexity index is 1470. The van der Waals surface area contributed by atoms with Gasteiger partial charge in [-0.3, -0.25) is 9.59 Å². The quantitative estimate of drug-likeness (QED) is 0.251. The number of carbonyl (C=O) groups excluding carboxylic acids is 2. The standard InChI is InChI=1S/C33H42N4O4/c1-21-26(17-28(38)24-8-9-29(25(16-24)18-34)41-15-14-40-7)19-35-31-30(21)27(20-36(31)6)23-10-12-37(13-11-23)32(39)22(2)33(3,4)5/h8-9,16,19-20,22-23H,10-15,17H2,1-7H3/t22-/m0/s1. The maximum absolute atomic E-state index is 13.3. The molecule has 0 radical (unpaired) electrons. The average molecular weight is 559 g/mol. The third kappa shape index (κ3) is 6.46. The van der Waals surface area contributed by atoms with Crippen molar-refractivity contribution in [3.05, 3.63) is 58.4 Å². The Hall–Kier alpha value is -3.70. The smallest absolute Gasteiger partial charge is 0.225 e. The van der Waals surface area contributed by atoms with E-state index in [1.165, 1.54) is 5.56 Å². The summed E-state index contributed by atoms with van der Waals surface area (Å²) in [4.78, 5) is 33.2. The molecule has 1 aromatic carbocycles. The van der Waals surface area contributed by atoms with Crippen molar-refractivity contribution in [3.8, 4) is 11.8 Å². The number of likely N-dealkylation sites (tertiary alicyclic amines) is 1. The molecule has 218 valence electrons. The lowest BCUT2D eigenvalue weighted by molar-refractivity contribution is -0.139. The van der Waals surface area contributed by atoms with Gasteiger partial charge in [0.1, 0.15) is 24.1 Å². The fourth-order valence-corrected chi connectivity index (χ4v) is 5.55. The van der Waals surface area contributed by atoms with Crippen LogP contribution < -0.4 is 4.74 Å². The number of carbonyl (C=O) groups is 2.